The van der Waals surface area contributed by atoms with E-state index in [4.69, 9.17) is 21.1 Å². The van der Waals surface area contributed by atoms with Crippen LogP contribution in [-0.4, -0.2) is 42.2 Å². The third kappa shape index (κ3) is 5.54. The molecule has 0 aliphatic carbocycles. The van der Waals surface area contributed by atoms with E-state index >= 15 is 0 Å². The molecule has 0 spiro atoms. The van der Waals surface area contributed by atoms with E-state index in [0.29, 0.717) is 41.4 Å². The molecular weight excluding hydrogens is 430 g/mol. The van der Waals surface area contributed by atoms with E-state index in [1.165, 1.54) is 12.4 Å². The second-order valence-electron chi connectivity index (χ2n) is 6.95. The smallest absolute Gasteiger partial charge is 0.247 e. The normalized spacial score (nSPS) is 13.3. The highest BCUT2D eigenvalue weighted by molar-refractivity contribution is 6.30. The number of amides is 1. The Kier molecular flexibility index (Phi) is 6.84. The lowest BCUT2D eigenvalue weighted by Crippen LogP contribution is -2.36. The minimum Gasteiger partial charge on any atom is -0.439 e. The van der Waals surface area contributed by atoms with E-state index in [1.54, 1.807) is 30.3 Å². The number of anilines is 4. The van der Waals surface area contributed by atoms with Crippen molar-refractivity contribution in [1.29, 1.82) is 0 Å². The van der Waals surface area contributed by atoms with Crippen molar-refractivity contribution in [3.05, 3.63) is 72.5 Å². The molecule has 0 saturated carbocycles. The van der Waals surface area contributed by atoms with Gasteiger partial charge in [0, 0.05) is 29.9 Å². The Labute approximate surface area is 190 Å². The second kappa shape index (κ2) is 10.1. The van der Waals surface area contributed by atoms with E-state index in [2.05, 4.69) is 32.1 Å². The summed E-state index contributed by atoms with van der Waals surface area (Å²) < 4.78 is 11.2. The number of ether oxygens (including phenoxy) is 2. The van der Waals surface area contributed by atoms with Crippen molar-refractivity contribution in [2.45, 2.75) is 0 Å². The molecule has 1 fully saturated rings. The number of halogens is 1. The molecule has 2 heterocycles. The number of hydrogen-bond acceptors (Lipinski definition) is 7. The van der Waals surface area contributed by atoms with Crippen LogP contribution in [0.5, 0.6) is 11.6 Å². The molecule has 1 aliphatic heterocycles. The maximum absolute atomic E-state index is 12.0. The van der Waals surface area contributed by atoms with Gasteiger partial charge in [-0.1, -0.05) is 24.2 Å². The van der Waals surface area contributed by atoms with E-state index in [1.807, 2.05) is 18.2 Å². The van der Waals surface area contributed by atoms with Crippen molar-refractivity contribution in [3.63, 3.8) is 0 Å². The van der Waals surface area contributed by atoms with Gasteiger partial charge in [-0.05, 0) is 42.5 Å². The largest absolute Gasteiger partial charge is 0.439 e. The Morgan fingerprint density at radius 1 is 1.16 bits per heavy atom. The minimum absolute atomic E-state index is 0.282. The molecule has 9 heteroatoms. The summed E-state index contributed by atoms with van der Waals surface area (Å²) in [5, 5.41) is 6.68. The molecule has 8 nitrogen and oxygen atoms in total. The lowest BCUT2D eigenvalue weighted by atomic mass is 10.2. The summed E-state index contributed by atoms with van der Waals surface area (Å²) in [4.78, 5) is 22.6. The molecule has 2 N–H and O–H groups in total. The first-order chi connectivity index (χ1) is 15.6. The first-order valence-corrected chi connectivity index (χ1v) is 10.4. The Balaban J connectivity index is 1.55. The molecule has 3 aromatic rings. The first-order valence-electron chi connectivity index (χ1n) is 10.0. The van der Waals surface area contributed by atoms with Gasteiger partial charge >= 0.3 is 0 Å². The SMILES string of the molecule is C=CC(=O)Nc1cc(Nc2cc(Oc3cccc(Cl)c3)ncn2)ccc1N1CCOCC1. The highest BCUT2D eigenvalue weighted by atomic mass is 35.5. The van der Waals surface area contributed by atoms with Crippen LogP contribution in [-0.2, 0) is 9.53 Å². The van der Waals surface area contributed by atoms with E-state index in [-0.39, 0.29) is 5.91 Å². The monoisotopic (exact) mass is 451 g/mol. The number of aromatic nitrogens is 2. The Bertz CT molecular complexity index is 1120. The van der Waals surface area contributed by atoms with Crippen molar-refractivity contribution >= 4 is 40.4 Å². The Morgan fingerprint density at radius 2 is 2.00 bits per heavy atom. The number of nitrogens with one attached hydrogen (secondary N) is 2. The molecule has 4 rings (SSSR count). The number of hydrogen-bond donors (Lipinski definition) is 2. The minimum atomic E-state index is -0.282. The van der Waals surface area contributed by atoms with Gasteiger partial charge in [-0.25, -0.2) is 9.97 Å². The molecule has 1 saturated heterocycles. The lowest BCUT2D eigenvalue weighted by molar-refractivity contribution is -0.111. The highest BCUT2D eigenvalue weighted by Crippen LogP contribution is 2.32. The zero-order valence-electron chi connectivity index (χ0n) is 17.3. The fourth-order valence-electron chi connectivity index (χ4n) is 3.24. The zero-order chi connectivity index (χ0) is 22.3. The van der Waals surface area contributed by atoms with Crippen LogP contribution in [0.1, 0.15) is 0 Å². The number of carbonyl (C=O) groups is 1. The number of carbonyl (C=O) groups excluding carboxylic acids is 1. The summed E-state index contributed by atoms with van der Waals surface area (Å²) in [7, 11) is 0. The standard InChI is InChI=1S/C23H22ClN5O3/c1-2-22(30)28-19-13-17(6-7-20(19)29-8-10-31-11-9-29)27-21-14-23(26-15-25-21)32-18-5-3-4-16(24)12-18/h2-7,12-15H,1,8-11H2,(H,28,30)(H,25,26,27). The van der Waals surface area contributed by atoms with E-state index < -0.39 is 0 Å². The highest BCUT2D eigenvalue weighted by Gasteiger charge is 2.16. The van der Waals surface area contributed by atoms with Crippen LogP contribution in [0.3, 0.4) is 0 Å². The molecule has 1 aliphatic rings. The van der Waals surface area contributed by atoms with Crippen molar-refractivity contribution < 1.29 is 14.3 Å². The quantitative estimate of drug-likeness (QED) is 0.506. The molecular formula is C23H22ClN5O3. The van der Waals surface area contributed by atoms with Crippen molar-refractivity contribution in [3.8, 4) is 11.6 Å². The van der Waals surface area contributed by atoms with E-state index in [0.717, 1.165) is 24.5 Å². The summed E-state index contributed by atoms with van der Waals surface area (Å²) in [6.45, 7) is 6.33. The van der Waals surface area contributed by atoms with Gasteiger partial charge in [0.2, 0.25) is 11.8 Å². The Morgan fingerprint density at radius 3 is 2.78 bits per heavy atom. The van der Waals surface area contributed by atoms with Crippen molar-refractivity contribution in [2.75, 3.05) is 41.8 Å². The van der Waals surface area contributed by atoms with Crippen LogP contribution in [0.25, 0.3) is 0 Å². The number of benzene rings is 2. The summed E-state index contributed by atoms with van der Waals surface area (Å²) in [5.74, 6) is 1.20. The topological polar surface area (TPSA) is 88.6 Å². The summed E-state index contributed by atoms with van der Waals surface area (Å²) in [6, 6.07) is 14.5. The van der Waals surface area contributed by atoms with Gasteiger partial charge < -0.3 is 25.0 Å². The van der Waals surface area contributed by atoms with Crippen molar-refractivity contribution in [2.24, 2.45) is 0 Å². The van der Waals surface area contributed by atoms with Crippen LogP contribution in [0.2, 0.25) is 5.02 Å². The maximum atomic E-state index is 12.0. The predicted molar refractivity (Wildman–Crippen MR) is 125 cm³/mol. The lowest BCUT2D eigenvalue weighted by Gasteiger charge is -2.30. The van der Waals surface area contributed by atoms with Crippen LogP contribution in [0, 0.1) is 0 Å². The second-order valence-corrected chi connectivity index (χ2v) is 7.39. The molecule has 1 aromatic heterocycles. The van der Waals surface area contributed by atoms with Crippen molar-refractivity contribution in [1.82, 2.24) is 9.97 Å². The molecule has 0 unspecified atom stereocenters. The molecule has 0 radical (unpaired) electrons. The van der Waals surface area contributed by atoms with Crippen LogP contribution in [0.4, 0.5) is 22.9 Å². The number of nitrogens with zero attached hydrogens (tertiary/aromatic N) is 3. The summed E-state index contributed by atoms with van der Waals surface area (Å²) >= 11 is 6.01. The van der Waals surface area contributed by atoms with Gasteiger partial charge in [0.05, 0.1) is 24.6 Å². The third-order valence-corrected chi connectivity index (χ3v) is 4.96. The average molecular weight is 452 g/mol. The average Bonchev–Trinajstić information content (AvgIpc) is 2.80. The fraction of sp³-hybridized carbons (Fsp3) is 0.174. The molecule has 164 valence electrons. The van der Waals surface area contributed by atoms with E-state index in [9.17, 15) is 4.79 Å². The molecule has 0 atom stereocenters. The van der Waals surface area contributed by atoms with Crippen LogP contribution in [0.15, 0.2) is 67.5 Å². The summed E-state index contributed by atoms with van der Waals surface area (Å²) in [6.07, 6.45) is 2.65. The van der Waals surface area contributed by atoms with Gasteiger partial charge in [-0.3, -0.25) is 4.79 Å². The molecule has 32 heavy (non-hydrogen) atoms. The fourth-order valence-corrected chi connectivity index (χ4v) is 3.42. The zero-order valence-corrected chi connectivity index (χ0v) is 18.0. The van der Waals surface area contributed by atoms with Crippen LogP contribution < -0.4 is 20.3 Å². The number of rotatable bonds is 7. The number of morpholine rings is 1. The first kappa shape index (κ1) is 21.6. The van der Waals surface area contributed by atoms with Gasteiger partial charge in [-0.2, -0.15) is 0 Å². The molecule has 0 bridgehead atoms. The van der Waals surface area contributed by atoms with Gasteiger partial charge in [0.25, 0.3) is 0 Å². The van der Waals surface area contributed by atoms with Gasteiger partial charge in [0.1, 0.15) is 17.9 Å². The third-order valence-electron chi connectivity index (χ3n) is 4.72. The predicted octanol–water partition coefficient (Wildman–Crippen LogP) is 4.63. The van der Waals surface area contributed by atoms with Gasteiger partial charge in [0.15, 0.2) is 0 Å². The Hall–Kier alpha value is -3.62. The maximum Gasteiger partial charge on any atom is 0.247 e. The summed E-state index contributed by atoms with van der Waals surface area (Å²) in [5.41, 5.74) is 2.33. The molecule has 2 aromatic carbocycles. The van der Waals surface area contributed by atoms with Crippen LogP contribution >= 0.6 is 11.6 Å². The molecule has 1 amide bonds. The van der Waals surface area contributed by atoms with Gasteiger partial charge in [-0.15, -0.1) is 0 Å².